The smallest absolute Gasteiger partial charge is 0.258 e. The first kappa shape index (κ1) is 13.0. The minimum Gasteiger partial charge on any atom is -0.370 e. The molecule has 1 aromatic heterocycles. The summed E-state index contributed by atoms with van der Waals surface area (Å²) < 4.78 is 11.2. The minimum atomic E-state index is -0.321. The highest BCUT2D eigenvalue weighted by Crippen LogP contribution is 2.43. The van der Waals surface area contributed by atoms with Crippen molar-refractivity contribution < 1.29 is 9.26 Å². The lowest BCUT2D eigenvalue weighted by atomic mass is 9.79. The monoisotopic (exact) mass is 285 g/mol. The molecule has 1 N–H and O–H groups in total. The van der Waals surface area contributed by atoms with Gasteiger partial charge in [-0.2, -0.15) is 4.98 Å². The molecule has 1 aliphatic carbocycles. The fourth-order valence-corrected chi connectivity index (χ4v) is 3.27. The van der Waals surface area contributed by atoms with Crippen LogP contribution in [0.5, 0.6) is 0 Å². The van der Waals surface area contributed by atoms with Crippen molar-refractivity contribution in [2.75, 3.05) is 13.7 Å². The van der Waals surface area contributed by atoms with Gasteiger partial charge in [0.2, 0.25) is 5.82 Å². The Morgan fingerprint density at radius 3 is 3.00 bits per heavy atom. The summed E-state index contributed by atoms with van der Waals surface area (Å²) in [7, 11) is 1.73. The summed E-state index contributed by atoms with van der Waals surface area (Å²) in [4.78, 5) is 4.63. The van der Waals surface area contributed by atoms with Gasteiger partial charge in [0.15, 0.2) is 0 Å². The van der Waals surface area contributed by atoms with Gasteiger partial charge in [0.25, 0.3) is 5.89 Å². The molecular weight excluding hydrogens is 266 g/mol. The van der Waals surface area contributed by atoms with E-state index in [9.17, 15) is 0 Å². The second-order valence-corrected chi connectivity index (χ2v) is 5.85. The van der Waals surface area contributed by atoms with E-state index in [4.69, 9.17) is 9.26 Å². The Morgan fingerprint density at radius 2 is 2.24 bits per heavy atom. The maximum absolute atomic E-state index is 5.63. The highest BCUT2D eigenvalue weighted by molar-refractivity contribution is 5.61. The number of aromatic nitrogens is 2. The molecular formula is C16H19N3O2. The Bertz CT molecular complexity index is 656. The lowest BCUT2D eigenvalue weighted by molar-refractivity contribution is -0.0858. The largest absolute Gasteiger partial charge is 0.370 e. The van der Waals surface area contributed by atoms with Gasteiger partial charge in [0.05, 0.1) is 0 Å². The molecule has 2 heterocycles. The average Bonchev–Trinajstić information content (AvgIpc) is 2.96. The molecule has 0 saturated heterocycles. The molecule has 0 spiro atoms. The van der Waals surface area contributed by atoms with E-state index in [1.165, 1.54) is 11.1 Å². The van der Waals surface area contributed by atoms with Crippen LogP contribution in [0.2, 0.25) is 0 Å². The van der Waals surface area contributed by atoms with E-state index in [-0.39, 0.29) is 5.60 Å². The van der Waals surface area contributed by atoms with Gasteiger partial charge in [-0.3, -0.25) is 0 Å². The van der Waals surface area contributed by atoms with Crippen LogP contribution in [0.15, 0.2) is 22.7 Å². The van der Waals surface area contributed by atoms with Gasteiger partial charge in [-0.05, 0) is 49.4 Å². The molecule has 1 fully saturated rings. The summed E-state index contributed by atoms with van der Waals surface area (Å²) in [6.07, 6.45) is 4.10. The van der Waals surface area contributed by atoms with Gasteiger partial charge in [0, 0.05) is 19.2 Å². The molecule has 5 nitrogen and oxygen atoms in total. The second-order valence-electron chi connectivity index (χ2n) is 5.85. The number of fused-ring (bicyclic) bond motifs is 1. The molecule has 21 heavy (non-hydrogen) atoms. The fraction of sp³-hybridized carbons (Fsp3) is 0.500. The third-order valence-corrected chi connectivity index (χ3v) is 4.76. The summed E-state index contributed by atoms with van der Waals surface area (Å²) >= 11 is 0. The van der Waals surface area contributed by atoms with E-state index in [0.29, 0.717) is 11.7 Å². The van der Waals surface area contributed by atoms with Crippen LogP contribution >= 0.6 is 0 Å². The van der Waals surface area contributed by atoms with Crippen LogP contribution in [0.1, 0.15) is 36.2 Å². The molecule has 0 unspecified atom stereocenters. The van der Waals surface area contributed by atoms with E-state index in [0.717, 1.165) is 44.3 Å². The summed E-state index contributed by atoms with van der Waals surface area (Å²) in [6.45, 7) is 1.90. The number of rotatable bonds is 3. The molecule has 1 saturated carbocycles. The van der Waals surface area contributed by atoms with E-state index in [1.54, 1.807) is 7.11 Å². The number of benzene rings is 1. The van der Waals surface area contributed by atoms with Crippen LogP contribution in [0.3, 0.4) is 0 Å². The third kappa shape index (κ3) is 2.00. The topological polar surface area (TPSA) is 60.2 Å². The highest BCUT2D eigenvalue weighted by atomic mass is 16.5. The van der Waals surface area contributed by atoms with Gasteiger partial charge in [-0.25, -0.2) is 0 Å². The predicted octanol–water partition coefficient (Wildman–Crippen LogP) is 2.41. The molecule has 1 aliphatic heterocycles. The zero-order chi connectivity index (χ0) is 14.3. The lowest BCUT2D eigenvalue weighted by Gasteiger charge is -2.37. The van der Waals surface area contributed by atoms with Crippen molar-refractivity contribution >= 4 is 0 Å². The van der Waals surface area contributed by atoms with Crippen molar-refractivity contribution in [1.29, 1.82) is 0 Å². The average molecular weight is 285 g/mol. The van der Waals surface area contributed by atoms with Gasteiger partial charge < -0.3 is 14.6 Å². The summed E-state index contributed by atoms with van der Waals surface area (Å²) in [5.41, 5.74) is 3.39. The van der Waals surface area contributed by atoms with Gasteiger partial charge >= 0.3 is 0 Å². The predicted molar refractivity (Wildman–Crippen MR) is 77.7 cm³/mol. The van der Waals surface area contributed by atoms with E-state index in [2.05, 4.69) is 33.7 Å². The minimum absolute atomic E-state index is 0.321. The van der Waals surface area contributed by atoms with Crippen molar-refractivity contribution in [3.05, 3.63) is 35.2 Å². The van der Waals surface area contributed by atoms with Crippen molar-refractivity contribution in [2.24, 2.45) is 0 Å². The Morgan fingerprint density at radius 1 is 1.33 bits per heavy atom. The number of hydrogen-bond donors (Lipinski definition) is 1. The second kappa shape index (κ2) is 4.93. The number of nitrogens with zero attached hydrogens (tertiary/aromatic N) is 2. The molecule has 0 bridgehead atoms. The van der Waals surface area contributed by atoms with Gasteiger partial charge in [-0.1, -0.05) is 17.3 Å². The zero-order valence-electron chi connectivity index (χ0n) is 12.2. The van der Waals surface area contributed by atoms with Crippen LogP contribution < -0.4 is 5.32 Å². The van der Waals surface area contributed by atoms with Crippen LogP contribution in [0.4, 0.5) is 0 Å². The first-order valence-electron chi connectivity index (χ1n) is 7.54. The quantitative estimate of drug-likeness (QED) is 0.938. The Hall–Kier alpha value is -1.72. The summed E-state index contributed by atoms with van der Waals surface area (Å²) in [6, 6.07) is 6.28. The van der Waals surface area contributed by atoms with Crippen molar-refractivity contribution in [3.8, 4) is 11.5 Å². The first-order valence-corrected chi connectivity index (χ1v) is 7.54. The molecule has 0 atom stereocenters. The molecule has 4 rings (SSSR count). The molecule has 0 radical (unpaired) electrons. The SMILES string of the molecule is COC1(c2noc(-c3cccc4c3CCNC4)n2)CCC1. The van der Waals surface area contributed by atoms with E-state index < -0.39 is 0 Å². The first-order chi connectivity index (χ1) is 10.3. The van der Waals surface area contributed by atoms with Crippen LogP contribution in [0.25, 0.3) is 11.5 Å². The Labute approximate surface area is 123 Å². The van der Waals surface area contributed by atoms with Crippen LogP contribution in [0, 0.1) is 0 Å². The molecule has 110 valence electrons. The Balaban J connectivity index is 1.73. The summed E-state index contributed by atoms with van der Waals surface area (Å²) in [5.74, 6) is 1.31. The fourth-order valence-electron chi connectivity index (χ4n) is 3.27. The van der Waals surface area contributed by atoms with Crippen molar-refractivity contribution in [3.63, 3.8) is 0 Å². The normalized spacial score (nSPS) is 19.9. The number of nitrogens with one attached hydrogen (secondary N) is 1. The standard InChI is InChI=1S/C16H19N3O2/c1-20-16(7-3-8-16)15-18-14(21-19-15)13-5-2-4-11-10-17-9-6-12(11)13/h2,4-5,17H,3,6-10H2,1H3. The van der Waals surface area contributed by atoms with E-state index >= 15 is 0 Å². The maximum Gasteiger partial charge on any atom is 0.258 e. The number of hydrogen-bond acceptors (Lipinski definition) is 5. The third-order valence-electron chi connectivity index (χ3n) is 4.76. The van der Waals surface area contributed by atoms with E-state index in [1.807, 2.05) is 0 Å². The molecule has 0 amide bonds. The summed E-state index contributed by atoms with van der Waals surface area (Å²) in [5, 5.41) is 7.57. The molecule has 5 heteroatoms. The molecule has 2 aliphatic rings. The molecule has 2 aromatic rings. The Kier molecular flexibility index (Phi) is 3.05. The molecule has 1 aromatic carbocycles. The maximum atomic E-state index is 5.63. The van der Waals surface area contributed by atoms with Crippen LogP contribution in [-0.4, -0.2) is 23.8 Å². The van der Waals surface area contributed by atoms with Crippen molar-refractivity contribution in [1.82, 2.24) is 15.5 Å². The number of ether oxygens (including phenoxy) is 1. The highest BCUT2D eigenvalue weighted by Gasteiger charge is 2.43. The zero-order valence-corrected chi connectivity index (χ0v) is 12.2. The lowest BCUT2D eigenvalue weighted by Crippen LogP contribution is -2.37. The van der Waals surface area contributed by atoms with Crippen LogP contribution in [-0.2, 0) is 23.3 Å². The van der Waals surface area contributed by atoms with Gasteiger partial charge in [-0.15, -0.1) is 0 Å². The van der Waals surface area contributed by atoms with Crippen molar-refractivity contribution in [2.45, 2.75) is 37.8 Å². The van der Waals surface area contributed by atoms with Gasteiger partial charge in [0.1, 0.15) is 5.60 Å². The number of methoxy groups -OCH3 is 1.